The molecule has 0 fully saturated rings. The van der Waals surface area contributed by atoms with E-state index in [1.54, 1.807) is 0 Å². The van der Waals surface area contributed by atoms with Crippen LogP contribution in [0.2, 0.25) is 0 Å². The molecule has 0 rings (SSSR count). The topological polar surface area (TPSA) is 47.9 Å². The molecule has 0 spiro atoms. The average Bonchev–Trinajstić information content (AvgIpc) is 2.08. The first-order valence-corrected chi connectivity index (χ1v) is 4.09. The van der Waals surface area contributed by atoms with Crippen molar-refractivity contribution in [1.29, 1.82) is 0 Å². The number of oxime groups is 1. The van der Waals surface area contributed by atoms with E-state index in [-0.39, 0.29) is 6.61 Å². The maximum absolute atomic E-state index is 11.8. The van der Waals surface area contributed by atoms with Gasteiger partial charge in [-0.3, -0.25) is 0 Å². The molecule has 17 heavy (non-hydrogen) atoms. The molecule has 0 aromatic carbocycles. The number of rotatable bonds is 4. The van der Waals surface area contributed by atoms with Crippen molar-refractivity contribution in [3.05, 3.63) is 0 Å². The average molecular weight is 267 g/mol. The van der Waals surface area contributed by atoms with Gasteiger partial charge in [0.15, 0.2) is 0 Å². The van der Waals surface area contributed by atoms with Gasteiger partial charge in [-0.1, -0.05) is 5.16 Å². The van der Waals surface area contributed by atoms with E-state index in [0.29, 0.717) is 0 Å². The van der Waals surface area contributed by atoms with Gasteiger partial charge in [0.05, 0.1) is 6.61 Å². The smallest absolute Gasteiger partial charge is 0.441 e. The normalized spacial score (nSPS) is 11.9. The zero-order chi connectivity index (χ0) is 13.7. The molecule has 0 aliphatic carbocycles. The molecule has 0 radical (unpaired) electrons. The van der Waals surface area contributed by atoms with Crippen molar-refractivity contribution < 1.29 is 40.7 Å². The first-order chi connectivity index (χ1) is 7.59. The lowest BCUT2D eigenvalue weighted by Crippen LogP contribution is -2.37. The molecule has 0 N–H and O–H groups in total. The van der Waals surface area contributed by atoms with Crippen molar-refractivity contribution in [2.45, 2.75) is 19.3 Å². The van der Waals surface area contributed by atoms with E-state index in [9.17, 15) is 31.1 Å². The summed E-state index contributed by atoms with van der Waals surface area (Å²) in [5.41, 5.74) is -3.07. The van der Waals surface area contributed by atoms with Crippen LogP contribution in [0.15, 0.2) is 5.16 Å². The van der Waals surface area contributed by atoms with Crippen molar-refractivity contribution in [2.75, 3.05) is 13.2 Å². The number of carbonyl (C=O) groups excluding carboxylic acids is 1. The van der Waals surface area contributed by atoms with Gasteiger partial charge in [-0.25, -0.2) is 4.79 Å². The van der Waals surface area contributed by atoms with E-state index in [1.807, 2.05) is 5.16 Å². The summed E-state index contributed by atoms with van der Waals surface area (Å²) < 4.78 is 75.2. The van der Waals surface area contributed by atoms with Crippen LogP contribution < -0.4 is 0 Å². The SMILES string of the molecule is CCOC(=O)CON=C(C(F)(F)F)C(F)(F)F. The van der Waals surface area contributed by atoms with Gasteiger partial charge in [0.25, 0.3) is 5.71 Å². The van der Waals surface area contributed by atoms with Crippen molar-refractivity contribution in [3.63, 3.8) is 0 Å². The van der Waals surface area contributed by atoms with Crippen molar-refractivity contribution in [2.24, 2.45) is 5.16 Å². The second-order valence-electron chi connectivity index (χ2n) is 2.51. The van der Waals surface area contributed by atoms with Crippen LogP contribution in [-0.2, 0) is 14.4 Å². The lowest BCUT2D eigenvalue weighted by atomic mass is 10.3. The predicted molar refractivity (Wildman–Crippen MR) is 42.1 cm³/mol. The van der Waals surface area contributed by atoms with Gasteiger partial charge >= 0.3 is 18.3 Å². The molecule has 100 valence electrons. The van der Waals surface area contributed by atoms with E-state index in [2.05, 4.69) is 9.57 Å². The minimum atomic E-state index is -5.72. The molecular weight excluding hydrogens is 260 g/mol. The molecule has 0 saturated carbocycles. The molecule has 0 aliphatic rings. The zero-order valence-electron chi connectivity index (χ0n) is 8.35. The van der Waals surface area contributed by atoms with Crippen LogP contribution in [0.4, 0.5) is 26.3 Å². The molecular formula is C7H7F6NO3. The van der Waals surface area contributed by atoms with E-state index in [1.165, 1.54) is 6.92 Å². The number of halogens is 6. The third kappa shape index (κ3) is 5.97. The van der Waals surface area contributed by atoms with Crippen LogP contribution in [0.3, 0.4) is 0 Å². The Labute approximate surface area is 91.2 Å². The fourth-order valence-electron chi connectivity index (χ4n) is 0.616. The Bertz CT molecular complexity index is 279. The lowest BCUT2D eigenvalue weighted by Gasteiger charge is -2.12. The highest BCUT2D eigenvalue weighted by molar-refractivity contribution is 5.94. The molecule has 0 amide bonds. The van der Waals surface area contributed by atoms with Crippen LogP contribution in [0.25, 0.3) is 0 Å². The molecule has 0 aromatic heterocycles. The van der Waals surface area contributed by atoms with Crippen molar-refractivity contribution in [1.82, 2.24) is 0 Å². The molecule has 10 heteroatoms. The molecule has 4 nitrogen and oxygen atoms in total. The summed E-state index contributed by atoms with van der Waals surface area (Å²) in [4.78, 5) is 14.2. The maximum atomic E-state index is 11.8. The molecule has 0 atom stereocenters. The first-order valence-electron chi connectivity index (χ1n) is 4.09. The summed E-state index contributed by atoms with van der Waals surface area (Å²) in [5.74, 6) is -1.13. The molecule has 0 saturated heterocycles. The molecule has 0 bridgehead atoms. The number of ether oxygens (including phenoxy) is 1. The Kier molecular flexibility index (Phi) is 5.23. The largest absolute Gasteiger partial charge is 0.463 e. The maximum Gasteiger partial charge on any atom is 0.441 e. The van der Waals surface area contributed by atoms with Crippen molar-refractivity contribution in [3.8, 4) is 0 Å². The summed E-state index contributed by atoms with van der Waals surface area (Å²) in [6, 6.07) is 0. The van der Waals surface area contributed by atoms with Crippen LogP contribution in [0, 0.1) is 0 Å². The first kappa shape index (κ1) is 15.5. The Balaban J connectivity index is 4.59. The number of hydrogen-bond donors (Lipinski definition) is 0. The van der Waals surface area contributed by atoms with Crippen molar-refractivity contribution >= 4 is 11.7 Å². The summed E-state index contributed by atoms with van der Waals surface area (Å²) in [7, 11) is 0. The van der Waals surface area contributed by atoms with Gasteiger partial charge in [-0.05, 0) is 6.92 Å². The van der Waals surface area contributed by atoms with Crippen LogP contribution in [0.1, 0.15) is 6.92 Å². The number of esters is 1. The highest BCUT2D eigenvalue weighted by atomic mass is 19.4. The highest BCUT2D eigenvalue weighted by Crippen LogP contribution is 2.30. The Hall–Kier alpha value is -1.48. The second-order valence-corrected chi connectivity index (χ2v) is 2.51. The minimum absolute atomic E-state index is 0.0860. The van der Waals surface area contributed by atoms with Gasteiger partial charge in [0.1, 0.15) is 0 Å². The van der Waals surface area contributed by atoms with Gasteiger partial charge in [0.2, 0.25) is 6.61 Å². The van der Waals surface area contributed by atoms with Gasteiger partial charge in [-0.15, -0.1) is 0 Å². The monoisotopic (exact) mass is 267 g/mol. The number of hydrogen-bond acceptors (Lipinski definition) is 4. The third-order valence-electron chi connectivity index (χ3n) is 1.18. The molecule has 0 aliphatic heterocycles. The number of nitrogens with zero attached hydrogens (tertiary/aromatic N) is 1. The van der Waals surface area contributed by atoms with E-state index in [0.717, 1.165) is 0 Å². The Morgan fingerprint density at radius 3 is 1.94 bits per heavy atom. The predicted octanol–water partition coefficient (Wildman–Crippen LogP) is 2.05. The summed E-state index contributed by atoms with van der Waals surface area (Å²) in [6.45, 7) is 0.179. The molecule has 0 unspecified atom stereocenters. The highest BCUT2D eigenvalue weighted by Gasteiger charge is 2.54. The summed E-state index contributed by atoms with van der Waals surface area (Å²) in [6.07, 6.45) is -11.4. The summed E-state index contributed by atoms with van der Waals surface area (Å²) in [5, 5.41) is 1.85. The van der Waals surface area contributed by atoms with Crippen LogP contribution in [0.5, 0.6) is 0 Å². The van der Waals surface area contributed by atoms with Gasteiger partial charge < -0.3 is 9.57 Å². The number of carbonyl (C=O) groups is 1. The fourth-order valence-corrected chi connectivity index (χ4v) is 0.616. The van der Waals surface area contributed by atoms with E-state index in [4.69, 9.17) is 0 Å². The Morgan fingerprint density at radius 1 is 1.12 bits per heavy atom. The second kappa shape index (κ2) is 5.73. The fraction of sp³-hybridized carbons (Fsp3) is 0.714. The number of alkyl halides is 6. The van der Waals surface area contributed by atoms with Crippen LogP contribution in [-0.4, -0.2) is 37.2 Å². The zero-order valence-corrected chi connectivity index (χ0v) is 8.35. The van der Waals surface area contributed by atoms with E-state index >= 15 is 0 Å². The summed E-state index contributed by atoms with van der Waals surface area (Å²) >= 11 is 0. The minimum Gasteiger partial charge on any atom is -0.463 e. The quantitative estimate of drug-likeness (QED) is 0.339. The van der Waals surface area contributed by atoms with E-state index < -0.39 is 30.6 Å². The lowest BCUT2D eigenvalue weighted by molar-refractivity contribution is -0.150. The molecule has 0 aromatic rings. The van der Waals surface area contributed by atoms with Crippen LogP contribution >= 0.6 is 0 Å². The molecule has 0 heterocycles. The third-order valence-corrected chi connectivity index (χ3v) is 1.18. The Morgan fingerprint density at radius 2 is 1.59 bits per heavy atom. The standard InChI is InChI=1S/C7H7F6NO3/c1-2-16-4(15)3-17-14-5(6(8,9)10)7(11,12)13/h2-3H2,1H3. The van der Waals surface area contributed by atoms with Gasteiger partial charge in [-0.2, -0.15) is 26.3 Å². The van der Waals surface area contributed by atoms with Gasteiger partial charge in [0, 0.05) is 0 Å².